The third kappa shape index (κ3) is 3.70. The fraction of sp³-hybridized carbons (Fsp3) is 0.182. The molecule has 0 spiro atoms. The van der Waals surface area contributed by atoms with E-state index in [9.17, 15) is 13.2 Å². The molecule has 2 aromatic rings. The molecule has 1 heterocycles. The van der Waals surface area contributed by atoms with E-state index in [-0.39, 0.29) is 17.9 Å². The van der Waals surface area contributed by atoms with Gasteiger partial charge in [0, 0.05) is 17.7 Å². The largest absolute Gasteiger partial charge is 0.486 e. The lowest BCUT2D eigenvalue weighted by atomic mass is 10.2. The fourth-order valence-electron chi connectivity index (χ4n) is 1.56. The Morgan fingerprint density at radius 1 is 1.48 bits per heavy atom. The van der Waals surface area contributed by atoms with Gasteiger partial charge in [0.05, 0.1) is 11.8 Å². The van der Waals surface area contributed by atoms with Crippen LogP contribution in [0.4, 0.5) is 0 Å². The molecule has 8 nitrogen and oxygen atoms in total. The lowest BCUT2D eigenvalue weighted by molar-refractivity contribution is 0.0696. The third-order valence-electron chi connectivity index (χ3n) is 2.48. The van der Waals surface area contributed by atoms with Crippen LogP contribution >= 0.6 is 10.7 Å². The van der Waals surface area contributed by atoms with E-state index in [1.807, 2.05) is 0 Å². The van der Waals surface area contributed by atoms with Gasteiger partial charge in [-0.1, -0.05) is 5.21 Å². The Kier molecular flexibility index (Phi) is 4.14. The number of hydrogen-bond acceptors (Lipinski definition) is 6. The highest BCUT2D eigenvalue weighted by atomic mass is 35.7. The molecule has 0 saturated carbocycles. The topological polar surface area (TPSA) is 111 Å². The van der Waals surface area contributed by atoms with Crippen molar-refractivity contribution in [3.63, 3.8) is 0 Å². The van der Waals surface area contributed by atoms with Gasteiger partial charge >= 0.3 is 5.97 Å². The van der Waals surface area contributed by atoms with Crippen molar-refractivity contribution in [1.82, 2.24) is 15.0 Å². The van der Waals surface area contributed by atoms with Crippen molar-refractivity contribution in [2.75, 3.05) is 0 Å². The van der Waals surface area contributed by atoms with Gasteiger partial charge in [-0.05, 0) is 18.2 Å². The Bertz CT molecular complexity index is 787. The first kappa shape index (κ1) is 15.3. The maximum atomic E-state index is 11.5. The van der Waals surface area contributed by atoms with Crippen LogP contribution in [0.25, 0.3) is 0 Å². The summed E-state index contributed by atoms with van der Waals surface area (Å²) in [7, 11) is 2.82. The number of rotatable bonds is 5. The number of carboxylic acid groups (broad SMARTS) is 1. The minimum atomic E-state index is -4.15. The number of carboxylic acids is 1. The van der Waals surface area contributed by atoms with Gasteiger partial charge in [-0.3, -0.25) is 4.68 Å². The normalized spacial score (nSPS) is 11.3. The first-order valence-electron chi connectivity index (χ1n) is 5.57. The molecule has 1 N–H and O–H groups in total. The average molecular weight is 332 g/mol. The lowest BCUT2D eigenvalue weighted by Gasteiger charge is -2.09. The molecule has 0 aliphatic rings. The SMILES string of the molecule is Cn1cc(COc2ccc(C(=O)O)cc2S(=O)(=O)Cl)nn1. The molecule has 0 saturated heterocycles. The molecule has 21 heavy (non-hydrogen) atoms. The molecule has 0 unspecified atom stereocenters. The quantitative estimate of drug-likeness (QED) is 0.814. The molecule has 0 aliphatic carbocycles. The minimum Gasteiger partial charge on any atom is -0.486 e. The van der Waals surface area contributed by atoms with E-state index in [0.717, 1.165) is 6.07 Å². The van der Waals surface area contributed by atoms with Crippen molar-refractivity contribution in [1.29, 1.82) is 0 Å². The van der Waals surface area contributed by atoms with Crippen molar-refractivity contribution in [2.45, 2.75) is 11.5 Å². The highest BCUT2D eigenvalue weighted by Crippen LogP contribution is 2.28. The fourth-order valence-corrected chi connectivity index (χ4v) is 2.56. The van der Waals surface area contributed by atoms with Crippen LogP contribution in [0.3, 0.4) is 0 Å². The number of aromatic nitrogens is 3. The van der Waals surface area contributed by atoms with Gasteiger partial charge in [0.2, 0.25) is 0 Å². The van der Waals surface area contributed by atoms with E-state index >= 15 is 0 Å². The standard InChI is InChI=1S/C11H10ClN3O5S/c1-15-5-8(13-14-15)6-20-9-3-2-7(11(16)17)4-10(9)21(12,18)19/h2-5H,6H2,1H3,(H,16,17). The van der Waals surface area contributed by atoms with Gasteiger partial charge in [0.25, 0.3) is 9.05 Å². The summed E-state index contributed by atoms with van der Waals surface area (Å²) in [6.45, 7) is -0.0281. The molecule has 1 aromatic heterocycles. The van der Waals surface area contributed by atoms with E-state index in [4.69, 9.17) is 20.5 Å². The maximum Gasteiger partial charge on any atom is 0.335 e. The Morgan fingerprint density at radius 3 is 2.71 bits per heavy atom. The predicted molar refractivity (Wildman–Crippen MR) is 71.8 cm³/mol. The van der Waals surface area contributed by atoms with Gasteiger partial charge < -0.3 is 9.84 Å². The zero-order chi connectivity index (χ0) is 15.6. The van der Waals surface area contributed by atoms with Crippen LogP contribution < -0.4 is 4.74 Å². The zero-order valence-corrected chi connectivity index (χ0v) is 12.3. The van der Waals surface area contributed by atoms with Crippen LogP contribution in [-0.2, 0) is 22.7 Å². The summed E-state index contributed by atoms with van der Waals surface area (Å²) in [4.78, 5) is 10.5. The average Bonchev–Trinajstić information content (AvgIpc) is 2.81. The molecule has 0 fully saturated rings. The number of ether oxygens (including phenoxy) is 1. The molecule has 112 valence electrons. The van der Waals surface area contributed by atoms with Crippen LogP contribution in [0.15, 0.2) is 29.3 Å². The van der Waals surface area contributed by atoms with Crippen LogP contribution in [-0.4, -0.2) is 34.5 Å². The first-order chi connectivity index (χ1) is 9.77. The summed E-state index contributed by atoms with van der Waals surface area (Å²) in [5, 5.41) is 16.4. The summed E-state index contributed by atoms with van der Waals surface area (Å²) in [5.41, 5.74) is 0.277. The van der Waals surface area contributed by atoms with Gasteiger partial charge in [0.15, 0.2) is 0 Å². The molecule has 0 atom stereocenters. The summed E-state index contributed by atoms with van der Waals surface area (Å²) in [6, 6.07) is 3.39. The highest BCUT2D eigenvalue weighted by Gasteiger charge is 2.20. The second kappa shape index (κ2) is 5.70. The van der Waals surface area contributed by atoms with E-state index in [1.54, 1.807) is 13.2 Å². The number of carbonyl (C=O) groups is 1. The van der Waals surface area contributed by atoms with Crippen molar-refractivity contribution in [3.8, 4) is 5.75 Å². The summed E-state index contributed by atoms with van der Waals surface area (Å²) in [5.74, 6) is -1.32. The molecule has 0 aliphatic heterocycles. The van der Waals surface area contributed by atoms with E-state index in [1.165, 1.54) is 16.8 Å². The van der Waals surface area contributed by atoms with Crippen LogP contribution in [0.5, 0.6) is 5.75 Å². The van der Waals surface area contributed by atoms with Crippen molar-refractivity contribution in [2.24, 2.45) is 7.05 Å². The van der Waals surface area contributed by atoms with Gasteiger partial charge in [-0.2, -0.15) is 0 Å². The van der Waals surface area contributed by atoms with E-state index in [0.29, 0.717) is 5.69 Å². The van der Waals surface area contributed by atoms with Gasteiger partial charge in [-0.15, -0.1) is 5.10 Å². The molecule has 0 radical (unpaired) electrons. The summed E-state index contributed by atoms with van der Waals surface area (Å²) < 4.78 is 29.8. The van der Waals surface area contributed by atoms with Crippen LogP contribution in [0.2, 0.25) is 0 Å². The number of hydrogen-bond donors (Lipinski definition) is 1. The van der Waals surface area contributed by atoms with E-state index in [2.05, 4.69) is 10.3 Å². The molecule has 0 amide bonds. The molecule has 0 bridgehead atoms. The third-order valence-corrected chi connectivity index (χ3v) is 3.82. The highest BCUT2D eigenvalue weighted by molar-refractivity contribution is 8.13. The Balaban J connectivity index is 2.32. The number of nitrogens with zero attached hydrogens (tertiary/aromatic N) is 3. The van der Waals surface area contributed by atoms with Crippen molar-refractivity contribution < 1.29 is 23.1 Å². The summed E-state index contributed by atoms with van der Waals surface area (Å²) >= 11 is 0. The first-order valence-corrected chi connectivity index (χ1v) is 7.88. The van der Waals surface area contributed by atoms with Crippen molar-refractivity contribution >= 4 is 25.7 Å². The monoisotopic (exact) mass is 331 g/mol. The number of aryl methyl sites for hydroxylation is 1. The maximum absolute atomic E-state index is 11.5. The molecule has 2 rings (SSSR count). The van der Waals surface area contributed by atoms with Crippen LogP contribution in [0, 0.1) is 0 Å². The van der Waals surface area contributed by atoms with Gasteiger partial charge in [0.1, 0.15) is 22.9 Å². The number of halogens is 1. The molecule has 10 heteroatoms. The number of aromatic carboxylic acids is 1. The second-order valence-corrected chi connectivity index (χ2v) is 6.61. The number of benzene rings is 1. The summed E-state index contributed by atoms with van der Waals surface area (Å²) in [6.07, 6.45) is 1.60. The van der Waals surface area contributed by atoms with Gasteiger partial charge in [-0.25, -0.2) is 13.2 Å². The molecular weight excluding hydrogens is 322 g/mol. The van der Waals surface area contributed by atoms with Crippen LogP contribution in [0.1, 0.15) is 16.1 Å². The van der Waals surface area contributed by atoms with E-state index < -0.39 is 19.9 Å². The zero-order valence-electron chi connectivity index (χ0n) is 10.7. The smallest absolute Gasteiger partial charge is 0.335 e. The Hall–Kier alpha value is -2.13. The predicted octanol–water partition coefficient (Wildman–Crippen LogP) is 1.02. The molecular formula is C11H10ClN3O5S. The Labute approximate surface area is 124 Å². The lowest BCUT2D eigenvalue weighted by Crippen LogP contribution is -2.04. The van der Waals surface area contributed by atoms with Crippen molar-refractivity contribution in [3.05, 3.63) is 35.7 Å². The molecule has 1 aromatic carbocycles. The Morgan fingerprint density at radius 2 is 2.19 bits per heavy atom. The second-order valence-electron chi connectivity index (χ2n) is 4.08. The minimum absolute atomic E-state index is 0.0281.